The molecule has 1 amide bonds. The van der Waals surface area contributed by atoms with E-state index in [-0.39, 0.29) is 5.91 Å². The molecule has 1 aromatic carbocycles. The summed E-state index contributed by atoms with van der Waals surface area (Å²) in [5, 5.41) is 7.30. The summed E-state index contributed by atoms with van der Waals surface area (Å²) in [7, 11) is 0. The van der Waals surface area contributed by atoms with Gasteiger partial charge in [0.1, 0.15) is 5.69 Å². The van der Waals surface area contributed by atoms with Crippen LogP contribution in [0.5, 0.6) is 0 Å². The molecule has 3 heterocycles. The van der Waals surface area contributed by atoms with Crippen molar-refractivity contribution < 1.29 is 4.79 Å². The Balaban J connectivity index is 1.87. The molecule has 0 bridgehead atoms. The largest absolute Gasteiger partial charge is 0.351 e. The van der Waals surface area contributed by atoms with Crippen molar-refractivity contribution in [3.63, 3.8) is 0 Å². The molecule has 130 valence electrons. The number of carbonyl (C=O) groups excluding carboxylic acids is 1. The number of nitrogens with zero attached hydrogens (tertiary/aromatic N) is 5. The molecule has 0 aliphatic rings. The molecule has 26 heavy (non-hydrogen) atoms. The summed E-state index contributed by atoms with van der Waals surface area (Å²) in [6.45, 7) is 2.62. The van der Waals surface area contributed by atoms with Crippen molar-refractivity contribution in [1.29, 1.82) is 0 Å². The van der Waals surface area contributed by atoms with Gasteiger partial charge in [0.15, 0.2) is 11.5 Å². The molecular formula is C19H18N6O. The van der Waals surface area contributed by atoms with Gasteiger partial charge in [0.05, 0.1) is 23.6 Å². The quantitative estimate of drug-likeness (QED) is 0.603. The first kappa shape index (κ1) is 16.0. The van der Waals surface area contributed by atoms with E-state index in [9.17, 15) is 4.79 Å². The first-order chi connectivity index (χ1) is 12.8. The van der Waals surface area contributed by atoms with E-state index < -0.39 is 0 Å². The second kappa shape index (κ2) is 6.79. The Morgan fingerprint density at radius 3 is 2.81 bits per heavy atom. The van der Waals surface area contributed by atoms with Gasteiger partial charge in [0, 0.05) is 18.9 Å². The second-order valence-electron chi connectivity index (χ2n) is 5.84. The van der Waals surface area contributed by atoms with Crippen LogP contribution < -0.4 is 5.32 Å². The van der Waals surface area contributed by atoms with Crippen LogP contribution in [-0.4, -0.2) is 36.6 Å². The molecule has 0 atom stereocenters. The molecule has 0 spiro atoms. The molecule has 3 aromatic heterocycles. The number of benzene rings is 1. The molecule has 7 heteroatoms. The first-order valence-corrected chi connectivity index (χ1v) is 8.49. The predicted octanol–water partition coefficient (Wildman–Crippen LogP) is 2.72. The van der Waals surface area contributed by atoms with Gasteiger partial charge in [-0.25, -0.2) is 9.67 Å². The van der Waals surface area contributed by atoms with Crippen molar-refractivity contribution in [3.8, 4) is 17.2 Å². The van der Waals surface area contributed by atoms with Gasteiger partial charge in [-0.05, 0) is 24.6 Å². The number of amides is 1. The molecule has 7 nitrogen and oxygen atoms in total. The third-order valence-corrected chi connectivity index (χ3v) is 4.07. The van der Waals surface area contributed by atoms with E-state index in [0.29, 0.717) is 23.6 Å². The van der Waals surface area contributed by atoms with E-state index in [0.717, 1.165) is 17.8 Å². The van der Waals surface area contributed by atoms with Crippen molar-refractivity contribution in [2.75, 3.05) is 6.54 Å². The van der Waals surface area contributed by atoms with E-state index in [2.05, 4.69) is 20.4 Å². The van der Waals surface area contributed by atoms with Gasteiger partial charge in [0.25, 0.3) is 5.91 Å². The molecular weight excluding hydrogens is 328 g/mol. The van der Waals surface area contributed by atoms with Crippen LogP contribution in [0.3, 0.4) is 0 Å². The summed E-state index contributed by atoms with van der Waals surface area (Å²) in [4.78, 5) is 21.3. The summed E-state index contributed by atoms with van der Waals surface area (Å²) in [5.74, 6) is 0.444. The Labute approximate surface area is 150 Å². The van der Waals surface area contributed by atoms with Gasteiger partial charge in [-0.1, -0.05) is 25.1 Å². The molecule has 4 aromatic rings. The maximum Gasteiger partial charge on any atom is 0.272 e. The zero-order valence-corrected chi connectivity index (χ0v) is 14.3. The van der Waals surface area contributed by atoms with Gasteiger partial charge in [0.2, 0.25) is 0 Å². The smallest absolute Gasteiger partial charge is 0.272 e. The number of carbonyl (C=O) groups is 1. The molecule has 1 N–H and O–H groups in total. The van der Waals surface area contributed by atoms with Crippen LogP contribution in [-0.2, 0) is 0 Å². The van der Waals surface area contributed by atoms with Crippen molar-refractivity contribution in [2.45, 2.75) is 13.3 Å². The van der Waals surface area contributed by atoms with E-state index in [1.54, 1.807) is 24.8 Å². The second-order valence-corrected chi connectivity index (χ2v) is 5.84. The summed E-state index contributed by atoms with van der Waals surface area (Å²) in [6, 6.07) is 11.7. The van der Waals surface area contributed by atoms with Crippen LogP contribution in [0.25, 0.3) is 22.7 Å². The van der Waals surface area contributed by atoms with Crippen molar-refractivity contribution in [3.05, 3.63) is 66.9 Å². The monoisotopic (exact) mass is 346 g/mol. The molecule has 0 unspecified atom stereocenters. The van der Waals surface area contributed by atoms with E-state index in [1.165, 1.54) is 0 Å². The lowest BCUT2D eigenvalue weighted by Gasteiger charge is -2.06. The predicted molar refractivity (Wildman–Crippen MR) is 98.2 cm³/mol. The highest BCUT2D eigenvalue weighted by Gasteiger charge is 2.20. The third-order valence-electron chi connectivity index (χ3n) is 4.07. The van der Waals surface area contributed by atoms with Crippen LogP contribution in [0.4, 0.5) is 0 Å². The molecule has 0 fully saturated rings. The topological polar surface area (TPSA) is 77.1 Å². The Kier molecular flexibility index (Phi) is 4.18. The normalized spacial score (nSPS) is 11.0. The Bertz CT molecular complexity index is 1050. The van der Waals surface area contributed by atoms with Gasteiger partial charge >= 0.3 is 0 Å². The molecule has 4 rings (SSSR count). The Hall–Kier alpha value is -3.48. The van der Waals surface area contributed by atoms with Crippen LogP contribution >= 0.6 is 0 Å². The maximum absolute atomic E-state index is 12.5. The number of hydrogen-bond donors (Lipinski definition) is 1. The SMILES string of the molecule is CCCNC(=O)c1nc(-c2ccnn2-c2ccccc2)n2ccncc12. The highest BCUT2D eigenvalue weighted by molar-refractivity contribution is 5.99. The summed E-state index contributed by atoms with van der Waals surface area (Å²) in [5.41, 5.74) is 2.75. The van der Waals surface area contributed by atoms with Crippen LogP contribution in [0, 0.1) is 0 Å². The minimum atomic E-state index is -0.200. The number of nitrogens with one attached hydrogen (secondary N) is 1. The minimum Gasteiger partial charge on any atom is -0.351 e. The highest BCUT2D eigenvalue weighted by atomic mass is 16.1. The van der Waals surface area contributed by atoms with Crippen LogP contribution in [0.2, 0.25) is 0 Å². The summed E-state index contributed by atoms with van der Waals surface area (Å²) >= 11 is 0. The fourth-order valence-electron chi connectivity index (χ4n) is 2.86. The lowest BCUT2D eigenvalue weighted by molar-refractivity contribution is 0.0951. The van der Waals surface area contributed by atoms with Gasteiger partial charge in [-0.3, -0.25) is 14.2 Å². The van der Waals surface area contributed by atoms with E-state index in [1.807, 2.05) is 52.4 Å². The lowest BCUT2D eigenvalue weighted by atomic mass is 10.3. The average molecular weight is 346 g/mol. The number of rotatable bonds is 5. The van der Waals surface area contributed by atoms with Crippen LogP contribution in [0.15, 0.2) is 61.2 Å². The highest BCUT2D eigenvalue weighted by Crippen LogP contribution is 2.24. The fourth-order valence-corrected chi connectivity index (χ4v) is 2.86. The first-order valence-electron chi connectivity index (χ1n) is 8.49. The van der Waals surface area contributed by atoms with Gasteiger partial charge in [-0.15, -0.1) is 0 Å². The van der Waals surface area contributed by atoms with Crippen LogP contribution in [0.1, 0.15) is 23.8 Å². The Morgan fingerprint density at radius 2 is 2.00 bits per heavy atom. The number of imidazole rings is 1. The van der Waals surface area contributed by atoms with Crippen molar-refractivity contribution >= 4 is 11.4 Å². The zero-order valence-electron chi connectivity index (χ0n) is 14.3. The van der Waals surface area contributed by atoms with Gasteiger partial charge < -0.3 is 5.32 Å². The van der Waals surface area contributed by atoms with Crippen molar-refractivity contribution in [1.82, 2.24) is 29.5 Å². The molecule has 0 radical (unpaired) electrons. The summed E-state index contributed by atoms with van der Waals surface area (Å²) < 4.78 is 3.67. The molecule has 0 aliphatic heterocycles. The number of aromatic nitrogens is 5. The molecule has 0 aliphatic carbocycles. The lowest BCUT2D eigenvalue weighted by Crippen LogP contribution is -2.24. The summed E-state index contributed by atoms with van der Waals surface area (Å²) in [6.07, 6.45) is 7.72. The van der Waals surface area contributed by atoms with Crippen molar-refractivity contribution in [2.24, 2.45) is 0 Å². The average Bonchev–Trinajstić information content (AvgIpc) is 3.31. The number of hydrogen-bond acceptors (Lipinski definition) is 4. The molecule has 0 saturated heterocycles. The number of para-hydroxylation sites is 1. The molecule has 0 saturated carbocycles. The number of fused-ring (bicyclic) bond motifs is 1. The maximum atomic E-state index is 12.5. The van der Waals surface area contributed by atoms with Gasteiger partial charge in [-0.2, -0.15) is 5.10 Å². The van der Waals surface area contributed by atoms with E-state index in [4.69, 9.17) is 0 Å². The zero-order chi connectivity index (χ0) is 17.9. The Morgan fingerprint density at radius 1 is 1.15 bits per heavy atom. The third kappa shape index (κ3) is 2.73. The standard InChI is InChI=1S/C19H18N6O/c1-2-9-21-19(26)17-16-13-20-11-12-24(16)18(23-17)15-8-10-22-25(15)14-6-4-3-5-7-14/h3-8,10-13H,2,9H2,1H3,(H,21,26). The van der Waals surface area contributed by atoms with E-state index >= 15 is 0 Å². The fraction of sp³-hybridized carbons (Fsp3) is 0.158. The minimum absolute atomic E-state index is 0.200.